The Labute approximate surface area is 178 Å². The lowest BCUT2D eigenvalue weighted by Crippen LogP contribution is -2.33. The summed E-state index contributed by atoms with van der Waals surface area (Å²) in [4.78, 5) is 16.3. The number of H-pyrrole nitrogens is 1. The van der Waals surface area contributed by atoms with Gasteiger partial charge in [-0.1, -0.05) is 58.4 Å². The van der Waals surface area contributed by atoms with Gasteiger partial charge in [0.25, 0.3) is 5.56 Å². The number of piperidine rings is 1. The zero-order valence-electron chi connectivity index (χ0n) is 16.1. The van der Waals surface area contributed by atoms with Gasteiger partial charge >= 0.3 is 0 Å². The third-order valence-electron chi connectivity index (χ3n) is 6.16. The fourth-order valence-corrected chi connectivity index (χ4v) is 5.09. The topological polar surface area (TPSA) is 44.9 Å². The van der Waals surface area contributed by atoms with Crippen LogP contribution < -0.4 is 10.9 Å². The first-order chi connectivity index (χ1) is 14.2. The fourth-order valence-electron chi connectivity index (χ4n) is 4.71. The van der Waals surface area contributed by atoms with Crippen LogP contribution in [0.1, 0.15) is 29.9 Å². The molecule has 0 spiro atoms. The second-order valence-electron chi connectivity index (χ2n) is 7.96. The summed E-state index contributed by atoms with van der Waals surface area (Å²) in [6.45, 7) is 2.01. The van der Waals surface area contributed by atoms with Crippen molar-refractivity contribution in [1.82, 2.24) is 10.3 Å². The first-order valence-electron chi connectivity index (χ1n) is 10.2. The number of pyridine rings is 1. The number of hydrogen-bond acceptors (Lipinski definition) is 2. The monoisotopic (exact) mass is 446 g/mol. The number of nitrogens with one attached hydrogen (secondary N) is 2. The molecule has 1 atom stereocenters. The van der Waals surface area contributed by atoms with Crippen molar-refractivity contribution >= 4 is 37.6 Å². The van der Waals surface area contributed by atoms with Crippen molar-refractivity contribution in [3.63, 3.8) is 0 Å². The number of hydrogen-bond donors (Lipinski definition) is 2. The second kappa shape index (κ2) is 7.77. The van der Waals surface area contributed by atoms with Crippen LogP contribution in [0.15, 0.2) is 76.0 Å². The summed E-state index contributed by atoms with van der Waals surface area (Å²) >= 11 is 3.56. The highest BCUT2D eigenvalue weighted by molar-refractivity contribution is 9.10. The van der Waals surface area contributed by atoms with Gasteiger partial charge in [0.1, 0.15) is 0 Å². The molecule has 146 valence electrons. The lowest BCUT2D eigenvalue weighted by atomic mass is 9.76. The first-order valence-corrected chi connectivity index (χ1v) is 11.0. The highest BCUT2D eigenvalue weighted by Crippen LogP contribution is 2.37. The smallest absolute Gasteiger partial charge is 0.252 e. The minimum atomic E-state index is 0.0245. The normalized spacial score (nSPS) is 16.3. The first kappa shape index (κ1) is 18.6. The summed E-state index contributed by atoms with van der Waals surface area (Å²) in [6.07, 6.45) is 2.15. The maximum atomic E-state index is 13.2. The zero-order valence-corrected chi connectivity index (χ0v) is 17.7. The molecule has 2 N–H and O–H groups in total. The molecule has 1 saturated heterocycles. The Morgan fingerprint density at radius 3 is 2.48 bits per heavy atom. The van der Waals surface area contributed by atoms with Gasteiger partial charge in [-0.05, 0) is 77.8 Å². The minimum absolute atomic E-state index is 0.0245. The van der Waals surface area contributed by atoms with E-state index in [0.717, 1.165) is 46.9 Å². The van der Waals surface area contributed by atoms with Crippen LogP contribution in [-0.4, -0.2) is 18.1 Å². The summed E-state index contributed by atoms with van der Waals surface area (Å²) in [5.41, 5.74) is 3.01. The van der Waals surface area contributed by atoms with E-state index in [9.17, 15) is 4.79 Å². The van der Waals surface area contributed by atoms with Crippen molar-refractivity contribution in [3.8, 4) is 0 Å². The number of fused-ring (bicyclic) bond motifs is 2. The molecule has 4 aromatic rings. The Morgan fingerprint density at radius 1 is 0.862 bits per heavy atom. The van der Waals surface area contributed by atoms with Crippen LogP contribution in [0.5, 0.6) is 0 Å². The Kier molecular flexibility index (Phi) is 4.98. The summed E-state index contributed by atoms with van der Waals surface area (Å²) in [6, 6.07) is 23.2. The molecule has 29 heavy (non-hydrogen) atoms. The van der Waals surface area contributed by atoms with E-state index in [4.69, 9.17) is 0 Å². The summed E-state index contributed by atoms with van der Waals surface area (Å²) in [5, 5.41) is 6.98. The van der Waals surface area contributed by atoms with Crippen molar-refractivity contribution in [2.75, 3.05) is 13.1 Å². The number of benzene rings is 3. The van der Waals surface area contributed by atoms with Crippen LogP contribution in [0.25, 0.3) is 21.7 Å². The van der Waals surface area contributed by atoms with Gasteiger partial charge in [0.15, 0.2) is 0 Å². The Hall–Kier alpha value is -2.43. The predicted octanol–water partition coefficient (Wildman–Crippen LogP) is 5.58. The SMILES string of the molecule is O=c1[nH]c2ccc(Br)cc2cc1C(c1ccc2ccccc2c1)C1CCNCC1. The molecule has 3 nitrogen and oxygen atoms in total. The van der Waals surface area contributed by atoms with Crippen LogP contribution >= 0.6 is 15.9 Å². The van der Waals surface area contributed by atoms with E-state index < -0.39 is 0 Å². The minimum Gasteiger partial charge on any atom is -0.322 e. The van der Waals surface area contributed by atoms with E-state index in [1.165, 1.54) is 16.3 Å². The van der Waals surface area contributed by atoms with Gasteiger partial charge in [-0.15, -0.1) is 0 Å². The summed E-state index contributed by atoms with van der Waals surface area (Å²) < 4.78 is 1.02. The number of halogens is 1. The quantitative estimate of drug-likeness (QED) is 0.431. The Bertz CT molecular complexity index is 1240. The van der Waals surface area contributed by atoms with Crippen molar-refractivity contribution in [3.05, 3.63) is 92.7 Å². The van der Waals surface area contributed by atoms with Gasteiger partial charge in [0, 0.05) is 21.5 Å². The van der Waals surface area contributed by atoms with Crippen LogP contribution in [-0.2, 0) is 0 Å². The molecule has 0 aliphatic carbocycles. The molecule has 3 aromatic carbocycles. The van der Waals surface area contributed by atoms with Gasteiger partial charge in [0.2, 0.25) is 0 Å². The summed E-state index contributed by atoms with van der Waals surface area (Å²) in [5.74, 6) is 0.539. The molecule has 1 aliphatic rings. The molecule has 0 bridgehead atoms. The van der Waals surface area contributed by atoms with Gasteiger partial charge in [-0.2, -0.15) is 0 Å². The van der Waals surface area contributed by atoms with E-state index in [2.05, 4.69) is 80.8 Å². The Balaban J connectivity index is 1.70. The third-order valence-corrected chi connectivity index (χ3v) is 6.65. The molecule has 5 rings (SSSR count). The largest absolute Gasteiger partial charge is 0.322 e. The standard InChI is InChI=1S/C25H23BrN2O/c26-21-7-8-23-20(14-21)15-22(25(29)28-23)24(17-9-11-27-12-10-17)19-6-5-16-3-1-2-4-18(16)13-19/h1-8,13-15,17,24,27H,9-12H2,(H,28,29). The van der Waals surface area contributed by atoms with Crippen LogP contribution in [0.2, 0.25) is 0 Å². The molecule has 1 unspecified atom stereocenters. The number of aromatic amines is 1. The molecular weight excluding hydrogens is 424 g/mol. The van der Waals surface area contributed by atoms with E-state index in [0.29, 0.717) is 5.92 Å². The van der Waals surface area contributed by atoms with Gasteiger partial charge in [0.05, 0.1) is 0 Å². The van der Waals surface area contributed by atoms with E-state index in [1.807, 2.05) is 12.1 Å². The predicted molar refractivity (Wildman–Crippen MR) is 124 cm³/mol. The maximum Gasteiger partial charge on any atom is 0.252 e. The van der Waals surface area contributed by atoms with E-state index >= 15 is 0 Å². The second-order valence-corrected chi connectivity index (χ2v) is 8.87. The highest BCUT2D eigenvalue weighted by Gasteiger charge is 2.29. The van der Waals surface area contributed by atoms with E-state index in [1.54, 1.807) is 0 Å². The molecular formula is C25H23BrN2O. The lowest BCUT2D eigenvalue weighted by molar-refractivity contribution is 0.341. The maximum absolute atomic E-state index is 13.2. The van der Waals surface area contributed by atoms with Crippen LogP contribution in [0.4, 0.5) is 0 Å². The molecule has 0 saturated carbocycles. The lowest BCUT2D eigenvalue weighted by Gasteiger charge is -2.31. The van der Waals surface area contributed by atoms with Crippen LogP contribution in [0, 0.1) is 5.92 Å². The van der Waals surface area contributed by atoms with Crippen molar-refractivity contribution in [2.45, 2.75) is 18.8 Å². The molecule has 0 radical (unpaired) electrons. The summed E-state index contributed by atoms with van der Waals surface area (Å²) in [7, 11) is 0. The molecule has 1 aromatic heterocycles. The van der Waals surface area contributed by atoms with Crippen molar-refractivity contribution in [1.29, 1.82) is 0 Å². The number of aromatic nitrogens is 1. The van der Waals surface area contributed by atoms with Gasteiger partial charge in [-0.3, -0.25) is 4.79 Å². The average Bonchev–Trinajstić information content (AvgIpc) is 2.75. The van der Waals surface area contributed by atoms with Gasteiger partial charge < -0.3 is 10.3 Å². The third kappa shape index (κ3) is 3.63. The number of rotatable bonds is 3. The molecule has 2 heterocycles. The van der Waals surface area contributed by atoms with Crippen molar-refractivity contribution in [2.24, 2.45) is 5.92 Å². The molecule has 1 aliphatic heterocycles. The molecule has 4 heteroatoms. The van der Waals surface area contributed by atoms with Crippen molar-refractivity contribution < 1.29 is 0 Å². The molecule has 1 fully saturated rings. The van der Waals surface area contributed by atoms with E-state index in [-0.39, 0.29) is 11.5 Å². The zero-order chi connectivity index (χ0) is 19.8. The Morgan fingerprint density at radius 2 is 1.66 bits per heavy atom. The van der Waals surface area contributed by atoms with Crippen LogP contribution in [0.3, 0.4) is 0 Å². The fraction of sp³-hybridized carbons (Fsp3) is 0.240. The molecule has 0 amide bonds. The van der Waals surface area contributed by atoms with Gasteiger partial charge in [-0.25, -0.2) is 0 Å². The highest BCUT2D eigenvalue weighted by atomic mass is 79.9. The average molecular weight is 447 g/mol.